The highest BCUT2D eigenvalue weighted by Crippen LogP contribution is 2.17. The predicted octanol–water partition coefficient (Wildman–Crippen LogP) is -0.315. The largest absolute Gasteiger partial charge is 0.481 e. The Bertz CT molecular complexity index is 550. The van der Waals surface area contributed by atoms with Crippen LogP contribution in [0.4, 0.5) is 5.13 Å². The number of aromatic nitrogens is 1. The Balaban J connectivity index is 2.69. The van der Waals surface area contributed by atoms with Gasteiger partial charge in [-0.25, -0.2) is 13.4 Å². The van der Waals surface area contributed by atoms with Crippen molar-refractivity contribution in [3.8, 4) is 0 Å². The summed E-state index contributed by atoms with van der Waals surface area (Å²) >= 11 is 0.936. The predicted molar refractivity (Wildman–Crippen MR) is 62.9 cm³/mol. The van der Waals surface area contributed by atoms with Crippen molar-refractivity contribution in [3.63, 3.8) is 0 Å². The van der Waals surface area contributed by atoms with Crippen molar-refractivity contribution < 1.29 is 27.9 Å². The molecule has 0 radical (unpaired) electrons. The quantitative estimate of drug-likeness (QED) is 0.689. The Kier molecular flexibility index (Phi) is 4.62. The maximum absolute atomic E-state index is 11.4. The summed E-state index contributed by atoms with van der Waals surface area (Å²) in [6, 6.07) is 0. The fourth-order valence-corrected chi connectivity index (χ4v) is 2.91. The lowest BCUT2D eigenvalue weighted by atomic mass is 10.3. The molecule has 1 aromatic heterocycles. The van der Waals surface area contributed by atoms with Crippen molar-refractivity contribution in [1.82, 2.24) is 4.98 Å². The van der Waals surface area contributed by atoms with Gasteiger partial charge in [-0.3, -0.25) is 14.3 Å². The average Bonchev–Trinajstić information content (AvgIpc) is 2.62. The number of methoxy groups -OCH3 is 1. The number of nitrogens with one attached hydrogen (secondary N) is 1. The standard InChI is InChI=1S/C8H10N2O6S2/c1-16-7(13)4-18(14,15)10-8-9-5(3-17-8)2-6(11)12/h3H,2,4H2,1H3,(H,9,10)(H,11,12). The van der Waals surface area contributed by atoms with E-state index in [0.717, 1.165) is 18.4 Å². The molecule has 1 heterocycles. The monoisotopic (exact) mass is 294 g/mol. The minimum absolute atomic E-state index is 0.00940. The van der Waals surface area contributed by atoms with E-state index in [0.29, 0.717) is 0 Å². The van der Waals surface area contributed by atoms with E-state index in [1.54, 1.807) is 0 Å². The van der Waals surface area contributed by atoms with Gasteiger partial charge in [0.2, 0.25) is 10.0 Å². The molecule has 2 N–H and O–H groups in total. The van der Waals surface area contributed by atoms with Crippen molar-refractivity contribution in [2.45, 2.75) is 6.42 Å². The second kappa shape index (κ2) is 5.78. The summed E-state index contributed by atoms with van der Waals surface area (Å²) in [6.45, 7) is 0. The third-order valence-corrected chi connectivity index (χ3v) is 3.72. The van der Waals surface area contributed by atoms with Crippen LogP contribution < -0.4 is 4.72 Å². The van der Waals surface area contributed by atoms with Gasteiger partial charge in [0, 0.05) is 5.38 Å². The van der Waals surface area contributed by atoms with Crippen LogP contribution >= 0.6 is 11.3 Å². The SMILES string of the molecule is COC(=O)CS(=O)(=O)Nc1nc(CC(=O)O)cs1. The molecule has 10 heteroatoms. The zero-order valence-corrected chi connectivity index (χ0v) is 10.9. The van der Waals surface area contributed by atoms with Crippen LogP contribution in [0.1, 0.15) is 5.69 Å². The van der Waals surface area contributed by atoms with Gasteiger partial charge < -0.3 is 9.84 Å². The average molecular weight is 294 g/mol. The van der Waals surface area contributed by atoms with Crippen molar-refractivity contribution >= 4 is 38.4 Å². The van der Waals surface area contributed by atoms with Gasteiger partial charge in [0.25, 0.3) is 0 Å². The first-order valence-corrected chi connectivity index (χ1v) is 7.09. The fourth-order valence-electron chi connectivity index (χ4n) is 0.973. The third kappa shape index (κ3) is 4.67. The van der Waals surface area contributed by atoms with Crippen LogP contribution in [-0.4, -0.2) is 43.3 Å². The number of carboxylic acids is 1. The Morgan fingerprint density at radius 2 is 2.22 bits per heavy atom. The van der Waals surface area contributed by atoms with Crippen LogP contribution in [-0.2, 0) is 30.8 Å². The van der Waals surface area contributed by atoms with Crippen LogP contribution in [0.3, 0.4) is 0 Å². The number of esters is 1. The van der Waals surface area contributed by atoms with E-state index in [1.165, 1.54) is 5.38 Å². The zero-order valence-electron chi connectivity index (χ0n) is 9.24. The van der Waals surface area contributed by atoms with Gasteiger partial charge in [-0.15, -0.1) is 11.3 Å². The topological polar surface area (TPSA) is 123 Å². The van der Waals surface area contributed by atoms with Gasteiger partial charge in [-0.2, -0.15) is 0 Å². The Labute approximate surface area is 107 Å². The number of thiazole rings is 1. The molecule has 1 aromatic rings. The molecule has 0 amide bonds. The molecule has 0 aromatic carbocycles. The lowest BCUT2D eigenvalue weighted by Crippen LogP contribution is -2.23. The minimum Gasteiger partial charge on any atom is -0.481 e. The van der Waals surface area contributed by atoms with Crippen LogP contribution in [0.25, 0.3) is 0 Å². The highest BCUT2D eigenvalue weighted by atomic mass is 32.2. The van der Waals surface area contributed by atoms with E-state index >= 15 is 0 Å². The first-order chi connectivity index (χ1) is 8.32. The summed E-state index contributed by atoms with van der Waals surface area (Å²) in [6.07, 6.45) is -0.296. The number of carboxylic acid groups (broad SMARTS) is 1. The number of hydrogen-bond donors (Lipinski definition) is 2. The van der Waals surface area contributed by atoms with Crippen molar-refractivity contribution in [2.24, 2.45) is 0 Å². The molecule has 18 heavy (non-hydrogen) atoms. The molecule has 1 rings (SSSR count). The summed E-state index contributed by atoms with van der Waals surface area (Å²) in [5.41, 5.74) is 0.239. The minimum atomic E-state index is -3.89. The van der Waals surface area contributed by atoms with E-state index in [-0.39, 0.29) is 17.2 Å². The molecule has 0 unspecified atom stereocenters. The van der Waals surface area contributed by atoms with Crippen molar-refractivity contribution in [3.05, 3.63) is 11.1 Å². The maximum Gasteiger partial charge on any atom is 0.322 e. The number of aliphatic carboxylic acids is 1. The number of sulfonamides is 1. The normalized spacial score (nSPS) is 10.9. The molecular weight excluding hydrogens is 284 g/mol. The number of hydrogen-bond acceptors (Lipinski definition) is 7. The summed E-state index contributed by atoms with van der Waals surface area (Å²) < 4.78 is 29.2. The van der Waals surface area contributed by atoms with Crippen LogP contribution in [0.5, 0.6) is 0 Å². The molecule has 0 spiro atoms. The second-order valence-corrected chi connectivity index (χ2v) is 5.73. The highest BCUT2D eigenvalue weighted by molar-refractivity contribution is 7.93. The summed E-state index contributed by atoms with van der Waals surface area (Å²) in [7, 11) is -2.81. The smallest absolute Gasteiger partial charge is 0.322 e. The van der Waals surface area contributed by atoms with E-state index in [2.05, 4.69) is 14.4 Å². The Morgan fingerprint density at radius 1 is 1.56 bits per heavy atom. The Hall–Kier alpha value is -1.68. The number of anilines is 1. The third-order valence-electron chi connectivity index (χ3n) is 1.66. The molecule has 0 fully saturated rings. The molecule has 0 aliphatic rings. The summed E-state index contributed by atoms with van der Waals surface area (Å²) in [4.78, 5) is 25.0. The molecule has 0 saturated heterocycles. The zero-order chi connectivity index (χ0) is 13.8. The van der Waals surface area contributed by atoms with E-state index in [1.807, 2.05) is 0 Å². The lowest BCUT2D eigenvalue weighted by molar-refractivity contribution is -0.138. The van der Waals surface area contributed by atoms with Crippen LogP contribution in [0.15, 0.2) is 5.38 Å². The van der Waals surface area contributed by atoms with Gasteiger partial charge in [0.15, 0.2) is 10.9 Å². The van der Waals surface area contributed by atoms with E-state index in [4.69, 9.17) is 5.11 Å². The summed E-state index contributed by atoms with van der Waals surface area (Å²) in [5, 5.41) is 9.95. The van der Waals surface area contributed by atoms with Gasteiger partial charge in [-0.1, -0.05) is 0 Å². The van der Waals surface area contributed by atoms with Crippen LogP contribution in [0.2, 0.25) is 0 Å². The molecule has 0 bridgehead atoms. The van der Waals surface area contributed by atoms with E-state index in [9.17, 15) is 18.0 Å². The first kappa shape index (κ1) is 14.4. The molecule has 0 aliphatic heterocycles. The fraction of sp³-hybridized carbons (Fsp3) is 0.375. The number of carbonyl (C=O) groups excluding carboxylic acids is 1. The molecule has 100 valence electrons. The number of nitrogens with zero attached hydrogens (tertiary/aromatic N) is 1. The lowest BCUT2D eigenvalue weighted by Gasteiger charge is -2.02. The molecule has 0 atom stereocenters. The van der Waals surface area contributed by atoms with Gasteiger partial charge in [-0.05, 0) is 0 Å². The first-order valence-electron chi connectivity index (χ1n) is 4.56. The Morgan fingerprint density at radius 3 is 2.78 bits per heavy atom. The second-order valence-electron chi connectivity index (χ2n) is 3.15. The van der Waals surface area contributed by atoms with E-state index < -0.39 is 27.7 Å². The maximum atomic E-state index is 11.4. The molecule has 8 nitrogen and oxygen atoms in total. The molecule has 0 aliphatic carbocycles. The van der Waals surface area contributed by atoms with Gasteiger partial charge >= 0.3 is 11.9 Å². The van der Waals surface area contributed by atoms with Crippen molar-refractivity contribution in [2.75, 3.05) is 17.6 Å². The highest BCUT2D eigenvalue weighted by Gasteiger charge is 2.18. The molecule has 0 saturated carbocycles. The molecular formula is C8H10N2O6S2. The van der Waals surface area contributed by atoms with Gasteiger partial charge in [0.05, 0.1) is 19.2 Å². The van der Waals surface area contributed by atoms with Crippen molar-refractivity contribution in [1.29, 1.82) is 0 Å². The summed E-state index contributed by atoms with van der Waals surface area (Å²) in [5.74, 6) is -2.79. The number of carbonyl (C=O) groups is 2. The number of rotatable bonds is 6. The number of ether oxygens (including phenoxy) is 1. The van der Waals surface area contributed by atoms with Crippen LogP contribution in [0, 0.1) is 0 Å². The van der Waals surface area contributed by atoms with Gasteiger partial charge in [0.1, 0.15) is 0 Å².